The van der Waals surface area contributed by atoms with E-state index < -0.39 is 47.9 Å². The first-order chi connectivity index (χ1) is 20.0. The highest BCUT2D eigenvalue weighted by Crippen LogP contribution is 2.10. The summed E-state index contributed by atoms with van der Waals surface area (Å²) in [7, 11) is 0. The van der Waals surface area contributed by atoms with Gasteiger partial charge in [0, 0.05) is 13.0 Å². The van der Waals surface area contributed by atoms with Gasteiger partial charge in [0.25, 0.3) is 0 Å². The van der Waals surface area contributed by atoms with E-state index in [1.54, 1.807) is 24.3 Å². The Labute approximate surface area is 246 Å². The molecule has 4 unspecified atom stereocenters. The van der Waals surface area contributed by atoms with Gasteiger partial charge in [-0.15, -0.1) is 0 Å². The predicted molar refractivity (Wildman–Crippen MR) is 161 cm³/mol. The Bertz CT molecular complexity index is 1190. The van der Waals surface area contributed by atoms with E-state index >= 15 is 0 Å². The lowest BCUT2D eigenvalue weighted by Crippen LogP contribution is -2.57. The fourth-order valence-electron chi connectivity index (χ4n) is 4.31. The van der Waals surface area contributed by atoms with Crippen LogP contribution in [0.1, 0.15) is 44.2 Å². The molecule has 10 N–H and O–H groups in total. The van der Waals surface area contributed by atoms with Crippen LogP contribution in [0.2, 0.25) is 0 Å². The van der Waals surface area contributed by atoms with Gasteiger partial charge in [0.2, 0.25) is 17.7 Å². The van der Waals surface area contributed by atoms with Gasteiger partial charge in [-0.3, -0.25) is 19.4 Å². The SMILES string of the molecule is CC(C)CC(NC(=O)C(CCCN=C(N)N)NC(=O)C(N)Cc1ccccc1)C(=O)NC(Cc1ccccc1)C(=O)O. The highest BCUT2D eigenvalue weighted by molar-refractivity contribution is 5.94. The van der Waals surface area contributed by atoms with Crippen molar-refractivity contribution in [3.05, 3.63) is 71.8 Å². The van der Waals surface area contributed by atoms with Gasteiger partial charge in [-0.2, -0.15) is 0 Å². The molecule has 228 valence electrons. The number of benzene rings is 2. The Morgan fingerprint density at radius 2 is 1.26 bits per heavy atom. The van der Waals surface area contributed by atoms with E-state index in [9.17, 15) is 24.3 Å². The quantitative estimate of drug-likeness (QED) is 0.0788. The Kier molecular flexibility index (Phi) is 14.0. The van der Waals surface area contributed by atoms with Crippen molar-refractivity contribution in [3.63, 3.8) is 0 Å². The van der Waals surface area contributed by atoms with E-state index in [0.717, 1.165) is 11.1 Å². The van der Waals surface area contributed by atoms with Crippen LogP contribution in [0.5, 0.6) is 0 Å². The van der Waals surface area contributed by atoms with Gasteiger partial charge < -0.3 is 38.3 Å². The molecule has 4 atom stereocenters. The minimum atomic E-state index is -1.20. The Morgan fingerprint density at radius 3 is 1.79 bits per heavy atom. The molecule has 2 rings (SSSR count). The molecule has 2 aromatic carbocycles. The normalized spacial score (nSPS) is 13.7. The van der Waals surface area contributed by atoms with Crippen LogP contribution in [0.25, 0.3) is 0 Å². The van der Waals surface area contributed by atoms with Crippen molar-refractivity contribution in [2.45, 2.75) is 70.1 Å². The van der Waals surface area contributed by atoms with E-state index in [2.05, 4.69) is 20.9 Å². The van der Waals surface area contributed by atoms with Crippen LogP contribution < -0.4 is 33.2 Å². The van der Waals surface area contributed by atoms with Gasteiger partial charge in [0.1, 0.15) is 18.1 Å². The Balaban J connectivity index is 2.16. The first kappa shape index (κ1) is 33.8. The van der Waals surface area contributed by atoms with Crippen molar-refractivity contribution in [3.8, 4) is 0 Å². The van der Waals surface area contributed by atoms with Gasteiger partial charge in [-0.25, -0.2) is 4.79 Å². The average Bonchev–Trinajstić information content (AvgIpc) is 2.94. The van der Waals surface area contributed by atoms with Crippen LogP contribution in [0, 0.1) is 5.92 Å². The number of carboxylic acid groups (broad SMARTS) is 1. The van der Waals surface area contributed by atoms with Crippen LogP contribution in [-0.4, -0.2) is 65.5 Å². The van der Waals surface area contributed by atoms with E-state index in [1.807, 2.05) is 50.2 Å². The maximum absolute atomic E-state index is 13.4. The number of hydrogen-bond donors (Lipinski definition) is 7. The number of carboxylic acids is 1. The van der Waals surface area contributed by atoms with E-state index in [0.29, 0.717) is 6.42 Å². The summed E-state index contributed by atoms with van der Waals surface area (Å²) in [4.78, 5) is 55.5. The highest BCUT2D eigenvalue weighted by Gasteiger charge is 2.30. The van der Waals surface area contributed by atoms with Crippen molar-refractivity contribution < 1.29 is 24.3 Å². The van der Waals surface area contributed by atoms with Gasteiger partial charge in [-0.05, 0) is 42.7 Å². The standard InChI is InChI=1S/C30H43N7O5/c1-19(2)16-24(28(40)37-25(29(41)42)18-21-12-7-4-8-13-21)36-27(39)23(14-9-15-34-30(32)33)35-26(38)22(31)17-20-10-5-3-6-11-20/h3-8,10-13,19,22-25H,9,14-18,31H2,1-2H3,(H,35,38)(H,36,39)(H,37,40)(H,41,42)(H4,32,33,34). The molecule has 12 heteroatoms. The first-order valence-corrected chi connectivity index (χ1v) is 14.0. The highest BCUT2D eigenvalue weighted by atomic mass is 16.4. The number of aliphatic imine (C=N–C) groups is 1. The molecular formula is C30H43N7O5. The van der Waals surface area contributed by atoms with Crippen LogP contribution in [-0.2, 0) is 32.0 Å². The number of carbonyl (C=O) groups excluding carboxylic acids is 3. The zero-order valence-electron chi connectivity index (χ0n) is 24.2. The molecule has 0 aliphatic heterocycles. The lowest BCUT2D eigenvalue weighted by atomic mass is 10.0. The molecule has 0 aliphatic rings. The van der Waals surface area contributed by atoms with Crippen LogP contribution >= 0.6 is 0 Å². The lowest BCUT2D eigenvalue weighted by Gasteiger charge is -2.26. The van der Waals surface area contributed by atoms with Crippen LogP contribution in [0.4, 0.5) is 0 Å². The van der Waals surface area contributed by atoms with Crippen molar-refractivity contribution >= 4 is 29.7 Å². The smallest absolute Gasteiger partial charge is 0.326 e. The summed E-state index contributed by atoms with van der Waals surface area (Å²) in [5.74, 6) is -3.06. The minimum Gasteiger partial charge on any atom is -0.480 e. The second-order valence-corrected chi connectivity index (χ2v) is 10.6. The average molecular weight is 582 g/mol. The molecule has 0 heterocycles. The molecule has 0 aromatic heterocycles. The monoisotopic (exact) mass is 581 g/mol. The number of hydrogen-bond acceptors (Lipinski definition) is 6. The second kappa shape index (κ2) is 17.4. The molecule has 0 fully saturated rings. The third-order valence-corrected chi connectivity index (χ3v) is 6.45. The summed E-state index contributed by atoms with van der Waals surface area (Å²) in [5.41, 5.74) is 18.5. The van der Waals surface area contributed by atoms with E-state index in [-0.39, 0.29) is 44.1 Å². The third kappa shape index (κ3) is 12.4. The molecule has 42 heavy (non-hydrogen) atoms. The molecule has 0 bridgehead atoms. The Morgan fingerprint density at radius 1 is 0.762 bits per heavy atom. The predicted octanol–water partition coefficient (Wildman–Crippen LogP) is 0.438. The number of rotatable bonds is 17. The fraction of sp³-hybridized carbons (Fsp3) is 0.433. The number of nitrogens with one attached hydrogen (secondary N) is 3. The minimum absolute atomic E-state index is 0.00680. The Hall–Kier alpha value is -4.45. The topological polar surface area (TPSA) is 215 Å². The second-order valence-electron chi connectivity index (χ2n) is 10.6. The number of nitrogens with zero attached hydrogens (tertiary/aromatic N) is 1. The molecule has 3 amide bonds. The molecule has 0 radical (unpaired) electrons. The van der Waals surface area contributed by atoms with Crippen molar-refractivity contribution in [1.29, 1.82) is 0 Å². The molecule has 0 saturated heterocycles. The number of nitrogens with two attached hydrogens (primary N) is 3. The van der Waals surface area contributed by atoms with Gasteiger partial charge >= 0.3 is 5.97 Å². The zero-order chi connectivity index (χ0) is 31.1. The lowest BCUT2D eigenvalue weighted by molar-refractivity contribution is -0.142. The summed E-state index contributed by atoms with van der Waals surface area (Å²) in [5, 5.41) is 17.7. The summed E-state index contributed by atoms with van der Waals surface area (Å²) in [6.45, 7) is 3.98. The largest absolute Gasteiger partial charge is 0.480 e. The van der Waals surface area contributed by atoms with E-state index in [1.165, 1.54) is 0 Å². The summed E-state index contributed by atoms with van der Waals surface area (Å²) >= 11 is 0. The number of aliphatic carboxylic acids is 1. The van der Waals surface area contributed by atoms with Gasteiger partial charge in [-0.1, -0.05) is 74.5 Å². The van der Waals surface area contributed by atoms with Gasteiger partial charge in [0.15, 0.2) is 5.96 Å². The van der Waals surface area contributed by atoms with E-state index in [4.69, 9.17) is 17.2 Å². The summed E-state index contributed by atoms with van der Waals surface area (Å²) < 4.78 is 0. The molecule has 12 nitrogen and oxygen atoms in total. The maximum Gasteiger partial charge on any atom is 0.326 e. The molecule has 2 aromatic rings. The fourth-order valence-corrected chi connectivity index (χ4v) is 4.31. The van der Waals surface area contributed by atoms with Gasteiger partial charge in [0.05, 0.1) is 6.04 Å². The number of carbonyl (C=O) groups is 4. The molecular weight excluding hydrogens is 538 g/mol. The zero-order valence-corrected chi connectivity index (χ0v) is 24.2. The number of amides is 3. The van der Waals surface area contributed by atoms with Crippen molar-refractivity contribution in [2.75, 3.05) is 6.54 Å². The summed E-state index contributed by atoms with van der Waals surface area (Å²) in [6, 6.07) is 14.0. The molecule has 0 aliphatic carbocycles. The molecule has 0 spiro atoms. The van der Waals surface area contributed by atoms with Crippen LogP contribution in [0.3, 0.4) is 0 Å². The van der Waals surface area contributed by atoms with Crippen molar-refractivity contribution in [1.82, 2.24) is 16.0 Å². The van der Waals surface area contributed by atoms with Crippen LogP contribution in [0.15, 0.2) is 65.7 Å². The molecule has 0 saturated carbocycles. The maximum atomic E-state index is 13.4. The summed E-state index contributed by atoms with van der Waals surface area (Å²) in [6.07, 6.45) is 1.13. The third-order valence-electron chi connectivity index (χ3n) is 6.45. The van der Waals surface area contributed by atoms with Crippen molar-refractivity contribution in [2.24, 2.45) is 28.1 Å². The number of guanidine groups is 1. The first-order valence-electron chi connectivity index (χ1n) is 14.0.